The Bertz CT molecular complexity index is 846. The van der Waals surface area contributed by atoms with Crippen molar-refractivity contribution in [3.63, 3.8) is 0 Å². The molecule has 3 aromatic rings. The van der Waals surface area contributed by atoms with E-state index in [-0.39, 0.29) is 0 Å². The van der Waals surface area contributed by atoms with Gasteiger partial charge in [-0.1, -0.05) is 12.1 Å². The minimum Gasteiger partial charge on any atom is -0.492 e. The highest BCUT2D eigenvalue weighted by atomic mass is 16.5. The van der Waals surface area contributed by atoms with Crippen molar-refractivity contribution in [2.45, 2.75) is 0 Å². The van der Waals surface area contributed by atoms with Crippen molar-refractivity contribution in [1.29, 1.82) is 5.26 Å². The number of nitrogens with zero attached hydrogens (tertiary/aromatic N) is 5. The van der Waals surface area contributed by atoms with E-state index in [1.54, 1.807) is 10.7 Å². The summed E-state index contributed by atoms with van der Waals surface area (Å²) in [5, 5.41) is 13.1. The molecular weight excluding hydrogens is 290 g/mol. The molecule has 0 unspecified atom stereocenters. The molecule has 116 valence electrons. The van der Waals surface area contributed by atoms with Crippen molar-refractivity contribution in [3.8, 4) is 22.9 Å². The predicted octanol–water partition coefficient (Wildman–Crippen LogP) is 2.21. The molecule has 0 aliphatic carbocycles. The lowest BCUT2D eigenvalue weighted by Crippen LogP contribution is -2.19. The summed E-state index contributed by atoms with van der Waals surface area (Å²) in [6.07, 6.45) is 5.14. The highest BCUT2D eigenvalue weighted by molar-refractivity contribution is 5.65. The molecule has 0 fully saturated rings. The number of ether oxygens (including phenoxy) is 1. The van der Waals surface area contributed by atoms with Crippen LogP contribution in [0.5, 0.6) is 5.75 Å². The summed E-state index contributed by atoms with van der Waals surface area (Å²) in [6.45, 7) is 1.53. The first kappa shape index (κ1) is 15.0. The van der Waals surface area contributed by atoms with Gasteiger partial charge < -0.3 is 9.64 Å². The average molecular weight is 307 g/mol. The number of benzene rings is 1. The van der Waals surface area contributed by atoms with Gasteiger partial charge in [-0.15, -0.1) is 0 Å². The molecule has 0 aliphatic rings. The van der Waals surface area contributed by atoms with Gasteiger partial charge in [-0.25, -0.2) is 9.50 Å². The molecule has 23 heavy (non-hydrogen) atoms. The number of fused-ring (bicyclic) bond motifs is 1. The number of likely N-dealkylation sites (N-methyl/N-ethyl adjacent to an activating group) is 1. The van der Waals surface area contributed by atoms with Crippen LogP contribution in [-0.2, 0) is 0 Å². The zero-order chi connectivity index (χ0) is 16.2. The summed E-state index contributed by atoms with van der Waals surface area (Å²) >= 11 is 0. The molecule has 6 heteroatoms. The highest BCUT2D eigenvalue weighted by Gasteiger charge is 2.06. The molecule has 0 spiro atoms. The second-order valence-electron chi connectivity index (χ2n) is 5.46. The molecule has 0 saturated heterocycles. The van der Waals surface area contributed by atoms with Crippen molar-refractivity contribution >= 4 is 5.65 Å². The molecule has 0 aliphatic heterocycles. The molecule has 0 bridgehead atoms. The lowest BCUT2D eigenvalue weighted by Gasteiger charge is -2.11. The quantitative estimate of drug-likeness (QED) is 0.723. The molecule has 0 amide bonds. The van der Waals surface area contributed by atoms with Crippen LogP contribution in [0.15, 0.2) is 42.9 Å². The van der Waals surface area contributed by atoms with Crippen molar-refractivity contribution in [2.24, 2.45) is 0 Å². The van der Waals surface area contributed by atoms with Crippen LogP contribution in [0.2, 0.25) is 0 Å². The van der Waals surface area contributed by atoms with Gasteiger partial charge in [-0.2, -0.15) is 10.4 Å². The van der Waals surface area contributed by atoms with Crippen molar-refractivity contribution in [2.75, 3.05) is 27.2 Å². The monoisotopic (exact) mass is 307 g/mol. The summed E-state index contributed by atoms with van der Waals surface area (Å²) < 4.78 is 7.31. The maximum absolute atomic E-state index is 8.99. The molecule has 0 radical (unpaired) electrons. The van der Waals surface area contributed by atoms with E-state index in [1.807, 2.05) is 44.6 Å². The molecule has 6 nitrogen and oxygen atoms in total. The minimum absolute atomic E-state index is 0.473. The van der Waals surface area contributed by atoms with Gasteiger partial charge in [0.2, 0.25) is 0 Å². The normalized spacial score (nSPS) is 10.9. The Labute approximate surface area is 134 Å². The van der Waals surface area contributed by atoms with Crippen LogP contribution in [-0.4, -0.2) is 46.7 Å². The van der Waals surface area contributed by atoms with Crippen molar-refractivity contribution < 1.29 is 4.74 Å². The molecule has 2 aromatic heterocycles. The Morgan fingerprint density at radius 3 is 2.65 bits per heavy atom. The Morgan fingerprint density at radius 2 is 1.96 bits per heavy atom. The number of hydrogen-bond acceptors (Lipinski definition) is 5. The van der Waals surface area contributed by atoms with Crippen molar-refractivity contribution in [3.05, 3.63) is 48.4 Å². The number of aromatic nitrogens is 3. The van der Waals surface area contributed by atoms with Gasteiger partial charge in [-0.05, 0) is 31.8 Å². The first-order valence-electron chi connectivity index (χ1n) is 7.29. The first-order valence-corrected chi connectivity index (χ1v) is 7.29. The number of hydrogen-bond donors (Lipinski definition) is 0. The summed E-state index contributed by atoms with van der Waals surface area (Å²) in [5.41, 5.74) is 3.00. The lowest BCUT2D eigenvalue weighted by atomic mass is 10.1. The van der Waals surface area contributed by atoms with Gasteiger partial charge in [0.15, 0.2) is 5.65 Å². The fraction of sp³-hybridized carbons (Fsp3) is 0.235. The zero-order valence-electron chi connectivity index (χ0n) is 13.1. The van der Waals surface area contributed by atoms with E-state index in [1.165, 1.54) is 6.20 Å². The fourth-order valence-corrected chi connectivity index (χ4v) is 2.19. The SMILES string of the molecule is CN(C)CCOc1ccc(-c2cnc3c(C#N)cnn3c2)cc1. The van der Waals surface area contributed by atoms with E-state index in [9.17, 15) is 0 Å². The number of rotatable bonds is 5. The Hall–Kier alpha value is -2.91. The van der Waals surface area contributed by atoms with Gasteiger partial charge in [0.25, 0.3) is 0 Å². The number of nitriles is 1. The van der Waals surface area contributed by atoms with Gasteiger partial charge in [0.05, 0.1) is 6.20 Å². The molecule has 2 heterocycles. The summed E-state index contributed by atoms with van der Waals surface area (Å²) in [6, 6.07) is 9.94. The molecular formula is C17H17N5O. The van der Waals surface area contributed by atoms with Gasteiger partial charge >= 0.3 is 0 Å². The van der Waals surface area contributed by atoms with E-state index < -0.39 is 0 Å². The van der Waals surface area contributed by atoms with Crippen molar-refractivity contribution in [1.82, 2.24) is 19.5 Å². The Balaban J connectivity index is 1.78. The Morgan fingerprint density at radius 1 is 1.17 bits per heavy atom. The lowest BCUT2D eigenvalue weighted by molar-refractivity contribution is 0.261. The maximum Gasteiger partial charge on any atom is 0.172 e. The Kier molecular flexibility index (Phi) is 4.22. The topological polar surface area (TPSA) is 66.5 Å². The smallest absolute Gasteiger partial charge is 0.172 e. The van der Waals surface area contributed by atoms with Crippen LogP contribution in [0.3, 0.4) is 0 Å². The molecule has 0 atom stereocenters. The van der Waals surface area contributed by atoms with E-state index in [0.29, 0.717) is 17.8 Å². The third-order valence-electron chi connectivity index (χ3n) is 3.47. The van der Waals surface area contributed by atoms with Gasteiger partial charge in [0.1, 0.15) is 24.0 Å². The minimum atomic E-state index is 0.473. The standard InChI is InChI=1S/C17H17N5O/c1-21(2)7-8-23-16-5-3-13(4-6-16)15-10-19-17-14(9-18)11-20-22(17)12-15/h3-6,10-12H,7-8H2,1-2H3. The summed E-state index contributed by atoms with van der Waals surface area (Å²) in [7, 11) is 4.03. The third-order valence-corrected chi connectivity index (χ3v) is 3.47. The van der Waals surface area contributed by atoms with Crippen LogP contribution in [0.4, 0.5) is 0 Å². The van der Waals surface area contributed by atoms with Gasteiger partial charge in [0, 0.05) is 24.5 Å². The first-order chi connectivity index (χ1) is 11.2. The zero-order valence-corrected chi connectivity index (χ0v) is 13.1. The molecule has 0 N–H and O–H groups in total. The van der Waals surface area contributed by atoms with E-state index >= 15 is 0 Å². The largest absolute Gasteiger partial charge is 0.492 e. The van der Waals surface area contributed by atoms with Gasteiger partial charge in [-0.3, -0.25) is 0 Å². The van der Waals surface area contributed by atoms with Crippen LogP contribution in [0, 0.1) is 11.3 Å². The molecule has 3 rings (SSSR count). The van der Waals surface area contributed by atoms with Crippen LogP contribution in [0.1, 0.15) is 5.56 Å². The van der Waals surface area contributed by atoms with Crippen LogP contribution in [0.25, 0.3) is 16.8 Å². The average Bonchev–Trinajstić information content (AvgIpc) is 2.97. The molecule has 0 saturated carbocycles. The predicted molar refractivity (Wildman–Crippen MR) is 87.2 cm³/mol. The van der Waals surface area contributed by atoms with Crippen LogP contribution >= 0.6 is 0 Å². The fourth-order valence-electron chi connectivity index (χ4n) is 2.19. The highest BCUT2D eigenvalue weighted by Crippen LogP contribution is 2.22. The van der Waals surface area contributed by atoms with E-state index in [0.717, 1.165) is 23.4 Å². The van der Waals surface area contributed by atoms with E-state index in [4.69, 9.17) is 10.00 Å². The molecule has 1 aromatic carbocycles. The second kappa shape index (κ2) is 6.46. The third kappa shape index (κ3) is 3.30. The summed E-state index contributed by atoms with van der Waals surface area (Å²) in [4.78, 5) is 6.40. The van der Waals surface area contributed by atoms with Crippen LogP contribution < -0.4 is 4.74 Å². The van der Waals surface area contributed by atoms with E-state index in [2.05, 4.69) is 21.1 Å². The second-order valence-corrected chi connectivity index (χ2v) is 5.46. The summed E-state index contributed by atoms with van der Waals surface area (Å²) in [5.74, 6) is 0.843. The maximum atomic E-state index is 8.99.